The van der Waals surface area contributed by atoms with E-state index in [0.717, 1.165) is 12.0 Å². The topological polar surface area (TPSA) is 113 Å². The average Bonchev–Trinajstić information content (AvgIpc) is 2.78. The number of hydrogen-bond acceptors (Lipinski definition) is 5. The predicted octanol–water partition coefficient (Wildman–Crippen LogP) is 2.66. The summed E-state index contributed by atoms with van der Waals surface area (Å²) < 4.78 is 10.5. The third kappa shape index (κ3) is 8.84. The standard InChI is InChI=1S/C25H34N4O4/c1-17(2)12-13-27-24(31)20(14-18-8-6-5-7-9-18)28-25(26)29-23(30)16-19-10-11-21(32-3)22(15-19)33-4/h5-11,15,17,20H,12-14,16H2,1-4H3,(H,27,31)(H3,26,28,29,30)/t20-/m1/s1. The van der Waals surface area contributed by atoms with E-state index >= 15 is 0 Å². The van der Waals surface area contributed by atoms with Crippen molar-refractivity contribution in [2.75, 3.05) is 20.8 Å². The normalized spacial score (nSPS) is 11.4. The molecule has 2 amide bonds. The number of carbonyl (C=O) groups excluding carboxylic acids is 2. The summed E-state index contributed by atoms with van der Waals surface area (Å²) in [5.74, 6) is 0.762. The molecule has 2 rings (SSSR count). The summed E-state index contributed by atoms with van der Waals surface area (Å²) in [4.78, 5) is 25.2. The van der Waals surface area contributed by atoms with Crippen molar-refractivity contribution in [3.8, 4) is 11.5 Å². The van der Waals surface area contributed by atoms with Crippen LogP contribution < -0.4 is 25.4 Å². The van der Waals surface area contributed by atoms with Crippen molar-refractivity contribution in [1.82, 2.24) is 16.0 Å². The van der Waals surface area contributed by atoms with Crippen molar-refractivity contribution in [1.29, 1.82) is 5.41 Å². The highest BCUT2D eigenvalue weighted by molar-refractivity contribution is 5.98. The van der Waals surface area contributed by atoms with E-state index in [4.69, 9.17) is 14.9 Å². The zero-order valence-electron chi connectivity index (χ0n) is 19.7. The molecule has 0 radical (unpaired) electrons. The molecule has 0 saturated heterocycles. The maximum absolute atomic E-state index is 12.8. The number of guanidine groups is 1. The molecule has 0 bridgehead atoms. The van der Waals surface area contributed by atoms with E-state index in [1.54, 1.807) is 25.3 Å². The van der Waals surface area contributed by atoms with E-state index in [-0.39, 0.29) is 24.2 Å². The zero-order chi connectivity index (χ0) is 24.2. The van der Waals surface area contributed by atoms with Gasteiger partial charge in [-0.3, -0.25) is 20.3 Å². The van der Waals surface area contributed by atoms with Gasteiger partial charge >= 0.3 is 0 Å². The van der Waals surface area contributed by atoms with Gasteiger partial charge in [0.2, 0.25) is 11.8 Å². The number of amides is 2. The minimum atomic E-state index is -0.687. The molecule has 0 heterocycles. The first-order chi connectivity index (χ1) is 15.8. The van der Waals surface area contributed by atoms with Crippen molar-refractivity contribution in [3.05, 3.63) is 59.7 Å². The van der Waals surface area contributed by atoms with Crippen LogP contribution >= 0.6 is 0 Å². The Labute approximate surface area is 195 Å². The predicted molar refractivity (Wildman–Crippen MR) is 129 cm³/mol. The maximum atomic E-state index is 12.8. The molecule has 2 aromatic rings. The summed E-state index contributed by atoms with van der Waals surface area (Å²) in [6.45, 7) is 4.74. The third-order valence-corrected chi connectivity index (χ3v) is 5.02. The molecular weight excluding hydrogens is 420 g/mol. The number of nitrogens with one attached hydrogen (secondary N) is 4. The molecule has 8 heteroatoms. The average molecular weight is 455 g/mol. The molecule has 0 fully saturated rings. The number of hydrogen-bond donors (Lipinski definition) is 4. The molecule has 33 heavy (non-hydrogen) atoms. The Kier molecular flexibility index (Phi) is 10.2. The minimum Gasteiger partial charge on any atom is -0.493 e. The molecule has 0 aliphatic carbocycles. The summed E-state index contributed by atoms with van der Waals surface area (Å²) in [7, 11) is 3.07. The molecule has 2 aromatic carbocycles. The Bertz CT molecular complexity index is 931. The largest absolute Gasteiger partial charge is 0.493 e. The number of benzene rings is 2. The second kappa shape index (κ2) is 13.1. The lowest BCUT2D eigenvalue weighted by Crippen LogP contribution is -2.52. The van der Waals surface area contributed by atoms with Crippen molar-refractivity contribution in [2.45, 2.75) is 39.2 Å². The van der Waals surface area contributed by atoms with Gasteiger partial charge in [-0.25, -0.2) is 0 Å². The Morgan fingerprint density at radius 3 is 2.30 bits per heavy atom. The lowest BCUT2D eigenvalue weighted by molar-refractivity contribution is -0.123. The third-order valence-electron chi connectivity index (χ3n) is 5.02. The monoisotopic (exact) mass is 454 g/mol. The van der Waals surface area contributed by atoms with Gasteiger partial charge in [-0.15, -0.1) is 0 Å². The van der Waals surface area contributed by atoms with Crippen LogP contribution in [0.3, 0.4) is 0 Å². The molecular formula is C25H34N4O4. The fraction of sp³-hybridized carbons (Fsp3) is 0.400. The van der Waals surface area contributed by atoms with Crippen molar-refractivity contribution < 1.29 is 19.1 Å². The van der Waals surface area contributed by atoms with Crippen LogP contribution in [0.15, 0.2) is 48.5 Å². The van der Waals surface area contributed by atoms with Crippen LogP contribution in [0, 0.1) is 11.3 Å². The van der Waals surface area contributed by atoms with Crippen LogP contribution in [0.25, 0.3) is 0 Å². The second-order valence-corrected chi connectivity index (χ2v) is 8.15. The van der Waals surface area contributed by atoms with E-state index in [1.807, 2.05) is 30.3 Å². The fourth-order valence-corrected chi connectivity index (χ4v) is 3.24. The Morgan fingerprint density at radius 1 is 0.970 bits per heavy atom. The van der Waals surface area contributed by atoms with Gasteiger partial charge < -0.3 is 20.1 Å². The van der Waals surface area contributed by atoms with Gasteiger partial charge in [0.15, 0.2) is 17.5 Å². The fourth-order valence-electron chi connectivity index (χ4n) is 3.24. The Morgan fingerprint density at radius 2 is 1.67 bits per heavy atom. The molecule has 0 aliphatic heterocycles. The van der Waals surface area contributed by atoms with Crippen molar-refractivity contribution in [3.63, 3.8) is 0 Å². The van der Waals surface area contributed by atoms with Gasteiger partial charge in [-0.2, -0.15) is 0 Å². The van der Waals surface area contributed by atoms with Gasteiger partial charge in [0.25, 0.3) is 0 Å². The van der Waals surface area contributed by atoms with E-state index in [1.165, 1.54) is 7.11 Å². The van der Waals surface area contributed by atoms with E-state index < -0.39 is 6.04 Å². The molecule has 4 N–H and O–H groups in total. The van der Waals surface area contributed by atoms with E-state index in [2.05, 4.69) is 29.8 Å². The molecule has 0 spiro atoms. The first kappa shape index (κ1) is 25.7. The first-order valence-corrected chi connectivity index (χ1v) is 11.0. The number of carbonyl (C=O) groups is 2. The Hall–Kier alpha value is -3.55. The maximum Gasteiger partial charge on any atom is 0.242 e. The summed E-state index contributed by atoms with van der Waals surface area (Å²) in [6.07, 6.45) is 1.31. The van der Waals surface area contributed by atoms with Gasteiger partial charge in [0.05, 0.1) is 20.6 Å². The molecule has 0 unspecified atom stereocenters. The first-order valence-electron chi connectivity index (χ1n) is 11.0. The molecule has 178 valence electrons. The molecule has 0 aliphatic rings. The zero-order valence-corrected chi connectivity index (χ0v) is 19.7. The number of ether oxygens (including phenoxy) is 2. The lowest BCUT2D eigenvalue weighted by Gasteiger charge is -2.20. The summed E-state index contributed by atoms with van der Waals surface area (Å²) in [5.41, 5.74) is 1.67. The number of rotatable bonds is 11. The Balaban J connectivity index is 1.99. The molecule has 1 atom stereocenters. The summed E-state index contributed by atoms with van der Waals surface area (Å²) >= 11 is 0. The summed E-state index contributed by atoms with van der Waals surface area (Å²) in [6, 6.07) is 14.1. The van der Waals surface area contributed by atoms with E-state index in [0.29, 0.717) is 35.9 Å². The SMILES string of the molecule is COc1ccc(CC(=O)NC(=N)N[C@H](Cc2ccccc2)C(=O)NCCC(C)C)cc1OC. The lowest BCUT2D eigenvalue weighted by atomic mass is 10.0. The van der Waals surface area contributed by atoms with Crippen LogP contribution in [-0.4, -0.2) is 44.6 Å². The molecule has 8 nitrogen and oxygen atoms in total. The highest BCUT2D eigenvalue weighted by atomic mass is 16.5. The smallest absolute Gasteiger partial charge is 0.242 e. The minimum absolute atomic E-state index is 0.0500. The van der Waals surface area contributed by atoms with Gasteiger partial charge in [-0.05, 0) is 35.6 Å². The highest BCUT2D eigenvalue weighted by Gasteiger charge is 2.21. The second-order valence-electron chi connectivity index (χ2n) is 8.15. The molecule has 0 aromatic heterocycles. The van der Waals surface area contributed by atoms with Crippen LogP contribution in [0.1, 0.15) is 31.4 Å². The highest BCUT2D eigenvalue weighted by Crippen LogP contribution is 2.27. The van der Waals surface area contributed by atoms with Gasteiger partial charge in [0.1, 0.15) is 6.04 Å². The van der Waals surface area contributed by atoms with Gasteiger partial charge in [0, 0.05) is 13.0 Å². The van der Waals surface area contributed by atoms with Crippen molar-refractivity contribution >= 4 is 17.8 Å². The van der Waals surface area contributed by atoms with Crippen molar-refractivity contribution in [2.24, 2.45) is 5.92 Å². The number of methoxy groups -OCH3 is 2. The van der Waals surface area contributed by atoms with Crippen LogP contribution in [-0.2, 0) is 22.4 Å². The molecule has 0 saturated carbocycles. The van der Waals surface area contributed by atoms with Crippen LogP contribution in [0.5, 0.6) is 11.5 Å². The quantitative estimate of drug-likeness (QED) is 0.308. The van der Waals surface area contributed by atoms with E-state index in [9.17, 15) is 9.59 Å². The summed E-state index contributed by atoms with van der Waals surface area (Å²) in [5, 5.41) is 16.5. The van der Waals surface area contributed by atoms with Gasteiger partial charge in [-0.1, -0.05) is 50.2 Å². The van der Waals surface area contributed by atoms with Crippen LogP contribution in [0.2, 0.25) is 0 Å². The van der Waals surface area contributed by atoms with Crippen LogP contribution in [0.4, 0.5) is 0 Å².